The molecule has 4 amide bonds. The molecule has 1 saturated carbocycles. The number of carbonyl (C=O) groups excluding carboxylic acids is 3. The molecule has 0 spiro atoms. The van der Waals surface area contributed by atoms with Gasteiger partial charge in [0.2, 0.25) is 5.91 Å². The number of aromatic nitrogens is 4. The Kier molecular flexibility index (Phi) is 4.07. The van der Waals surface area contributed by atoms with Gasteiger partial charge in [0.05, 0.1) is 6.04 Å². The van der Waals surface area contributed by atoms with Crippen LogP contribution in [0.25, 0.3) is 11.4 Å². The molecule has 4 rings (SSSR count). The first kappa shape index (κ1) is 16.2. The largest absolute Gasteiger partial charge is 0.326 e. The summed E-state index contributed by atoms with van der Waals surface area (Å²) < 4.78 is 1.81. The average molecular weight is 355 g/mol. The maximum atomic E-state index is 12.1. The molecule has 26 heavy (non-hydrogen) atoms. The molecule has 2 aromatic rings. The van der Waals surface area contributed by atoms with E-state index >= 15 is 0 Å². The first-order chi connectivity index (χ1) is 12.6. The number of nitrogens with zero attached hydrogens (tertiary/aromatic N) is 4. The topological polar surface area (TPSA) is 131 Å². The number of carbonyl (C=O) groups is 3. The monoisotopic (exact) mass is 355 g/mol. The molecule has 2 heterocycles. The van der Waals surface area contributed by atoms with Crippen LogP contribution in [-0.4, -0.2) is 44.1 Å². The second-order valence-corrected chi connectivity index (χ2v) is 6.36. The van der Waals surface area contributed by atoms with E-state index < -0.39 is 18.0 Å². The lowest BCUT2D eigenvalue weighted by molar-refractivity contribution is -0.120. The highest BCUT2D eigenvalue weighted by Gasteiger charge is 2.30. The van der Waals surface area contributed by atoms with Crippen LogP contribution in [0.15, 0.2) is 24.3 Å². The standard InChI is InChI=1S/C16H17N7O3/c24-13(7-6-12-15(25)19-16(26)18-12)17-10-3-1-2-9(8-10)14-20-21-22-23(14)11-4-5-11/h1-3,8,11-12H,4-7H2,(H,17,24)(H2,18,19,25,26). The summed E-state index contributed by atoms with van der Waals surface area (Å²) in [7, 11) is 0. The number of anilines is 1. The van der Waals surface area contributed by atoms with Crippen molar-refractivity contribution in [3.05, 3.63) is 24.3 Å². The van der Waals surface area contributed by atoms with Crippen LogP contribution in [0.3, 0.4) is 0 Å². The van der Waals surface area contributed by atoms with Gasteiger partial charge in [-0.25, -0.2) is 9.48 Å². The molecular weight excluding hydrogens is 338 g/mol. The highest BCUT2D eigenvalue weighted by Crippen LogP contribution is 2.36. The van der Waals surface area contributed by atoms with Gasteiger partial charge in [0.25, 0.3) is 5.91 Å². The molecule has 1 aromatic heterocycles. The smallest absolute Gasteiger partial charge is 0.322 e. The van der Waals surface area contributed by atoms with Gasteiger partial charge < -0.3 is 10.6 Å². The van der Waals surface area contributed by atoms with Crippen LogP contribution in [0, 0.1) is 0 Å². The van der Waals surface area contributed by atoms with Crippen LogP contribution >= 0.6 is 0 Å². The molecule has 0 bridgehead atoms. The molecule has 1 saturated heterocycles. The average Bonchev–Trinajstić information content (AvgIpc) is 3.25. The number of hydrogen-bond donors (Lipinski definition) is 3. The van der Waals surface area contributed by atoms with Gasteiger partial charge >= 0.3 is 6.03 Å². The minimum Gasteiger partial charge on any atom is -0.326 e. The Morgan fingerprint density at radius 2 is 2.15 bits per heavy atom. The first-order valence-corrected chi connectivity index (χ1v) is 8.39. The number of tetrazole rings is 1. The quantitative estimate of drug-likeness (QED) is 0.651. The SMILES string of the molecule is O=C(CCC1NC(=O)NC1=O)Nc1cccc(-c2nnnn2C2CC2)c1. The molecule has 1 aliphatic heterocycles. The Morgan fingerprint density at radius 1 is 1.31 bits per heavy atom. The lowest BCUT2D eigenvalue weighted by Gasteiger charge is -2.09. The summed E-state index contributed by atoms with van der Waals surface area (Å²) in [4.78, 5) is 34.7. The fourth-order valence-corrected chi connectivity index (χ4v) is 2.85. The molecule has 1 unspecified atom stereocenters. The van der Waals surface area contributed by atoms with Crippen molar-refractivity contribution in [2.75, 3.05) is 5.32 Å². The highest BCUT2D eigenvalue weighted by atomic mass is 16.2. The van der Waals surface area contributed by atoms with Crippen molar-refractivity contribution in [1.82, 2.24) is 30.8 Å². The second-order valence-electron chi connectivity index (χ2n) is 6.36. The van der Waals surface area contributed by atoms with Crippen molar-refractivity contribution in [3.8, 4) is 11.4 Å². The number of rotatable bonds is 6. The second kappa shape index (κ2) is 6.54. The number of imide groups is 1. The lowest BCUT2D eigenvalue weighted by atomic mass is 10.1. The molecule has 134 valence electrons. The summed E-state index contributed by atoms with van der Waals surface area (Å²) in [5, 5.41) is 19.3. The van der Waals surface area contributed by atoms with Gasteiger partial charge in [0.15, 0.2) is 5.82 Å². The summed E-state index contributed by atoms with van der Waals surface area (Å²) in [5.41, 5.74) is 1.44. The van der Waals surface area contributed by atoms with Crippen molar-refractivity contribution in [1.29, 1.82) is 0 Å². The zero-order chi connectivity index (χ0) is 18.1. The Balaban J connectivity index is 1.39. The van der Waals surface area contributed by atoms with Gasteiger partial charge in [-0.3, -0.25) is 14.9 Å². The highest BCUT2D eigenvalue weighted by molar-refractivity contribution is 6.04. The van der Waals surface area contributed by atoms with Crippen molar-refractivity contribution in [2.24, 2.45) is 0 Å². The third-order valence-corrected chi connectivity index (χ3v) is 4.31. The molecule has 1 atom stereocenters. The molecule has 2 aliphatic rings. The zero-order valence-electron chi connectivity index (χ0n) is 13.8. The summed E-state index contributed by atoms with van der Waals surface area (Å²) in [5.74, 6) is 0.0310. The van der Waals surface area contributed by atoms with E-state index in [9.17, 15) is 14.4 Å². The van der Waals surface area contributed by atoms with Crippen LogP contribution in [0.4, 0.5) is 10.5 Å². The van der Waals surface area contributed by atoms with Crippen molar-refractivity contribution in [2.45, 2.75) is 37.8 Å². The third-order valence-electron chi connectivity index (χ3n) is 4.31. The van der Waals surface area contributed by atoms with E-state index in [1.807, 2.05) is 22.9 Å². The Bertz CT molecular complexity index is 874. The van der Waals surface area contributed by atoms with Gasteiger partial charge in [0, 0.05) is 17.7 Å². The summed E-state index contributed by atoms with van der Waals surface area (Å²) >= 11 is 0. The Labute approximate surface area is 148 Å². The number of amides is 4. The fraction of sp³-hybridized carbons (Fsp3) is 0.375. The van der Waals surface area contributed by atoms with E-state index in [4.69, 9.17) is 0 Å². The van der Waals surface area contributed by atoms with Crippen LogP contribution in [0.2, 0.25) is 0 Å². The van der Waals surface area contributed by atoms with Crippen LogP contribution in [0.1, 0.15) is 31.7 Å². The molecule has 3 N–H and O–H groups in total. The van der Waals surface area contributed by atoms with Gasteiger partial charge in [-0.1, -0.05) is 12.1 Å². The molecule has 1 aliphatic carbocycles. The van der Waals surface area contributed by atoms with E-state index in [2.05, 4.69) is 31.5 Å². The number of nitrogens with one attached hydrogen (secondary N) is 3. The normalized spacial score (nSPS) is 19.2. The summed E-state index contributed by atoms with van der Waals surface area (Å²) in [6.45, 7) is 0. The molecular formula is C16H17N7O3. The van der Waals surface area contributed by atoms with Crippen molar-refractivity contribution < 1.29 is 14.4 Å². The molecule has 0 radical (unpaired) electrons. The van der Waals surface area contributed by atoms with Gasteiger partial charge in [0.1, 0.15) is 6.04 Å². The first-order valence-electron chi connectivity index (χ1n) is 8.39. The molecule has 10 nitrogen and oxygen atoms in total. The van der Waals surface area contributed by atoms with Crippen LogP contribution in [-0.2, 0) is 9.59 Å². The van der Waals surface area contributed by atoms with Crippen LogP contribution in [0.5, 0.6) is 0 Å². The fourth-order valence-electron chi connectivity index (χ4n) is 2.85. The lowest BCUT2D eigenvalue weighted by Crippen LogP contribution is -2.30. The van der Waals surface area contributed by atoms with Crippen molar-refractivity contribution in [3.63, 3.8) is 0 Å². The number of benzene rings is 1. The van der Waals surface area contributed by atoms with Gasteiger partial charge in [-0.2, -0.15) is 0 Å². The van der Waals surface area contributed by atoms with Crippen molar-refractivity contribution >= 4 is 23.5 Å². The predicted molar refractivity (Wildman–Crippen MR) is 89.9 cm³/mol. The maximum Gasteiger partial charge on any atom is 0.322 e. The minimum absolute atomic E-state index is 0.113. The summed E-state index contributed by atoms with van der Waals surface area (Å²) in [6, 6.07) is 6.46. The van der Waals surface area contributed by atoms with E-state index in [-0.39, 0.29) is 18.7 Å². The van der Waals surface area contributed by atoms with Gasteiger partial charge in [-0.05, 0) is 41.8 Å². The molecule has 2 fully saturated rings. The van der Waals surface area contributed by atoms with E-state index in [0.29, 0.717) is 17.6 Å². The Hall–Kier alpha value is -3.30. The third kappa shape index (κ3) is 3.39. The van der Waals surface area contributed by atoms with E-state index in [1.54, 1.807) is 6.07 Å². The summed E-state index contributed by atoms with van der Waals surface area (Å²) in [6.07, 6.45) is 2.49. The maximum absolute atomic E-state index is 12.1. The van der Waals surface area contributed by atoms with Crippen LogP contribution < -0.4 is 16.0 Å². The number of urea groups is 1. The minimum atomic E-state index is -0.664. The molecule has 10 heteroatoms. The Morgan fingerprint density at radius 3 is 2.88 bits per heavy atom. The van der Waals surface area contributed by atoms with E-state index in [0.717, 1.165) is 18.4 Å². The molecule has 1 aromatic carbocycles. The van der Waals surface area contributed by atoms with Gasteiger partial charge in [-0.15, -0.1) is 5.10 Å². The zero-order valence-corrected chi connectivity index (χ0v) is 13.8. The van der Waals surface area contributed by atoms with E-state index in [1.165, 1.54) is 0 Å². The number of hydrogen-bond acceptors (Lipinski definition) is 6. The predicted octanol–water partition coefficient (Wildman–Crippen LogP) is 0.602.